The minimum atomic E-state index is -0.304. The summed E-state index contributed by atoms with van der Waals surface area (Å²) >= 11 is 0. The Hall–Kier alpha value is -1.51. The Balaban J connectivity index is 2.12. The fraction of sp³-hybridized carbons (Fsp3) is 0.562. The van der Waals surface area contributed by atoms with Crippen LogP contribution in [0.5, 0.6) is 0 Å². The molecular formula is C16H23NO2. The van der Waals surface area contributed by atoms with Crippen molar-refractivity contribution < 1.29 is 9.53 Å². The van der Waals surface area contributed by atoms with Crippen molar-refractivity contribution in [3.63, 3.8) is 0 Å². The molecule has 1 aromatic rings. The number of methoxy groups -OCH3 is 1. The largest absolute Gasteiger partial charge is 0.469 e. The fourth-order valence-corrected chi connectivity index (χ4v) is 2.81. The summed E-state index contributed by atoms with van der Waals surface area (Å²) in [4.78, 5) is 11.9. The number of nitrogens with one attached hydrogen (secondary N) is 1. The highest BCUT2D eigenvalue weighted by molar-refractivity contribution is 5.78. The molecule has 1 aliphatic rings. The van der Waals surface area contributed by atoms with E-state index in [0.717, 1.165) is 25.7 Å². The average Bonchev–Trinajstić information content (AvgIpc) is 2.38. The number of carbonyl (C=O) groups excluding carboxylic acids is 1. The lowest BCUT2D eigenvalue weighted by Crippen LogP contribution is -2.44. The number of aryl methyl sites for hydroxylation is 2. The number of hydrogen-bond acceptors (Lipinski definition) is 3. The minimum absolute atomic E-state index is 0.0714. The first-order valence-electron chi connectivity index (χ1n) is 7.04. The van der Waals surface area contributed by atoms with Gasteiger partial charge < -0.3 is 10.1 Å². The van der Waals surface area contributed by atoms with E-state index in [1.807, 2.05) is 0 Å². The molecule has 2 rings (SSSR count). The monoisotopic (exact) mass is 261 g/mol. The Kier molecular flexibility index (Phi) is 4.13. The normalized spacial score (nSPS) is 16.6. The van der Waals surface area contributed by atoms with Gasteiger partial charge in [0.2, 0.25) is 0 Å². The molecule has 0 saturated heterocycles. The number of carbonyl (C=O) groups is 1. The molecule has 1 saturated carbocycles. The van der Waals surface area contributed by atoms with Gasteiger partial charge in [-0.3, -0.25) is 4.79 Å². The van der Waals surface area contributed by atoms with E-state index in [1.165, 1.54) is 23.9 Å². The van der Waals surface area contributed by atoms with Gasteiger partial charge in [-0.25, -0.2) is 0 Å². The molecule has 104 valence electrons. The van der Waals surface area contributed by atoms with Crippen molar-refractivity contribution >= 4 is 11.7 Å². The van der Waals surface area contributed by atoms with E-state index in [4.69, 9.17) is 4.74 Å². The number of esters is 1. The maximum atomic E-state index is 11.9. The smallest absolute Gasteiger partial charge is 0.313 e. The SMILES string of the molecule is CCc1cccc(C)c1NCC1(C(=O)OC)CCC1. The summed E-state index contributed by atoms with van der Waals surface area (Å²) in [6.07, 6.45) is 3.97. The molecule has 3 heteroatoms. The van der Waals surface area contributed by atoms with Crippen LogP contribution in [0.2, 0.25) is 0 Å². The molecule has 3 nitrogen and oxygen atoms in total. The van der Waals surface area contributed by atoms with Crippen molar-refractivity contribution in [2.24, 2.45) is 5.41 Å². The van der Waals surface area contributed by atoms with Crippen LogP contribution in [0.4, 0.5) is 5.69 Å². The molecule has 1 N–H and O–H groups in total. The first-order valence-corrected chi connectivity index (χ1v) is 7.04. The van der Waals surface area contributed by atoms with Gasteiger partial charge in [0.15, 0.2) is 0 Å². The van der Waals surface area contributed by atoms with E-state index in [-0.39, 0.29) is 11.4 Å². The molecule has 0 spiro atoms. The zero-order valence-corrected chi connectivity index (χ0v) is 12.1. The summed E-state index contributed by atoms with van der Waals surface area (Å²) in [6, 6.07) is 6.33. The van der Waals surface area contributed by atoms with Crippen molar-refractivity contribution in [3.05, 3.63) is 29.3 Å². The van der Waals surface area contributed by atoms with E-state index in [0.29, 0.717) is 6.54 Å². The molecule has 0 amide bonds. The molecule has 0 unspecified atom stereocenters. The van der Waals surface area contributed by atoms with Gasteiger partial charge in [-0.05, 0) is 37.3 Å². The summed E-state index contributed by atoms with van der Waals surface area (Å²) < 4.78 is 4.95. The van der Waals surface area contributed by atoms with Crippen LogP contribution in [-0.4, -0.2) is 19.6 Å². The molecule has 0 heterocycles. The summed E-state index contributed by atoms with van der Waals surface area (Å²) in [7, 11) is 1.48. The van der Waals surface area contributed by atoms with Crippen LogP contribution < -0.4 is 5.32 Å². The highest BCUT2D eigenvalue weighted by Crippen LogP contribution is 2.42. The zero-order valence-electron chi connectivity index (χ0n) is 12.1. The van der Waals surface area contributed by atoms with Crippen LogP contribution in [0.3, 0.4) is 0 Å². The van der Waals surface area contributed by atoms with Crippen LogP contribution in [-0.2, 0) is 16.0 Å². The van der Waals surface area contributed by atoms with E-state index in [1.54, 1.807) is 0 Å². The minimum Gasteiger partial charge on any atom is -0.469 e. The lowest BCUT2D eigenvalue weighted by atomic mass is 9.68. The predicted octanol–water partition coefficient (Wildman–Crippen LogP) is 3.31. The maximum absolute atomic E-state index is 11.9. The molecule has 1 aromatic carbocycles. The molecule has 1 fully saturated rings. The molecule has 1 aliphatic carbocycles. The first kappa shape index (κ1) is 13.9. The van der Waals surface area contributed by atoms with Crippen molar-refractivity contribution in [1.82, 2.24) is 0 Å². The second-order valence-electron chi connectivity index (χ2n) is 5.44. The van der Waals surface area contributed by atoms with E-state index >= 15 is 0 Å². The number of benzene rings is 1. The molecule has 0 aromatic heterocycles. The van der Waals surface area contributed by atoms with Crippen molar-refractivity contribution in [2.75, 3.05) is 19.0 Å². The third kappa shape index (κ3) is 2.60. The molecule has 0 atom stereocenters. The standard InChI is InChI=1S/C16H23NO2/c1-4-13-8-5-7-12(2)14(13)17-11-16(9-6-10-16)15(18)19-3/h5,7-8,17H,4,6,9-11H2,1-3H3. The zero-order chi connectivity index (χ0) is 13.9. The van der Waals surface area contributed by atoms with E-state index in [2.05, 4.69) is 37.4 Å². The van der Waals surface area contributed by atoms with Crippen LogP contribution in [0, 0.1) is 12.3 Å². The van der Waals surface area contributed by atoms with Crippen LogP contribution in [0.25, 0.3) is 0 Å². The van der Waals surface area contributed by atoms with E-state index < -0.39 is 0 Å². The molecule has 0 aliphatic heterocycles. The number of hydrogen-bond donors (Lipinski definition) is 1. The fourth-order valence-electron chi connectivity index (χ4n) is 2.81. The van der Waals surface area contributed by atoms with Crippen LogP contribution >= 0.6 is 0 Å². The topological polar surface area (TPSA) is 38.3 Å². The van der Waals surface area contributed by atoms with Gasteiger partial charge in [-0.15, -0.1) is 0 Å². The average molecular weight is 261 g/mol. The Bertz CT molecular complexity index is 464. The lowest BCUT2D eigenvalue weighted by molar-refractivity contribution is -0.157. The van der Waals surface area contributed by atoms with Crippen molar-refractivity contribution in [1.29, 1.82) is 0 Å². The number of para-hydroxylation sites is 1. The second-order valence-corrected chi connectivity index (χ2v) is 5.44. The van der Waals surface area contributed by atoms with E-state index in [9.17, 15) is 4.79 Å². The van der Waals surface area contributed by atoms with Gasteiger partial charge in [0.25, 0.3) is 0 Å². The predicted molar refractivity (Wildman–Crippen MR) is 77.3 cm³/mol. The maximum Gasteiger partial charge on any atom is 0.313 e. The van der Waals surface area contributed by atoms with Crippen LogP contribution in [0.1, 0.15) is 37.3 Å². The van der Waals surface area contributed by atoms with Crippen LogP contribution in [0.15, 0.2) is 18.2 Å². The van der Waals surface area contributed by atoms with Gasteiger partial charge >= 0.3 is 5.97 Å². The van der Waals surface area contributed by atoms with Gasteiger partial charge in [0, 0.05) is 12.2 Å². The second kappa shape index (κ2) is 5.64. The third-order valence-corrected chi connectivity index (χ3v) is 4.27. The summed E-state index contributed by atoms with van der Waals surface area (Å²) in [6.45, 7) is 4.93. The number of rotatable bonds is 5. The Morgan fingerprint density at radius 1 is 1.42 bits per heavy atom. The quantitative estimate of drug-likeness (QED) is 0.826. The first-order chi connectivity index (χ1) is 9.13. The molecular weight excluding hydrogens is 238 g/mol. The summed E-state index contributed by atoms with van der Waals surface area (Å²) in [5.74, 6) is -0.0714. The highest BCUT2D eigenvalue weighted by Gasteiger charge is 2.45. The summed E-state index contributed by atoms with van der Waals surface area (Å²) in [5.41, 5.74) is 3.42. The van der Waals surface area contributed by atoms with Gasteiger partial charge in [-0.1, -0.05) is 31.5 Å². The molecule has 0 radical (unpaired) electrons. The van der Waals surface area contributed by atoms with Gasteiger partial charge in [0.1, 0.15) is 0 Å². The number of ether oxygens (including phenoxy) is 1. The molecule has 19 heavy (non-hydrogen) atoms. The van der Waals surface area contributed by atoms with Crippen molar-refractivity contribution in [2.45, 2.75) is 39.5 Å². The lowest BCUT2D eigenvalue weighted by Gasteiger charge is -2.39. The Labute approximate surface area is 115 Å². The Morgan fingerprint density at radius 2 is 2.16 bits per heavy atom. The Morgan fingerprint density at radius 3 is 2.68 bits per heavy atom. The van der Waals surface area contributed by atoms with Crippen molar-refractivity contribution in [3.8, 4) is 0 Å². The van der Waals surface area contributed by atoms with Gasteiger partial charge in [-0.2, -0.15) is 0 Å². The third-order valence-electron chi connectivity index (χ3n) is 4.27. The molecule has 0 bridgehead atoms. The summed E-state index contributed by atoms with van der Waals surface area (Å²) in [5, 5.41) is 3.49. The number of anilines is 1. The van der Waals surface area contributed by atoms with Gasteiger partial charge in [0.05, 0.1) is 12.5 Å². The highest BCUT2D eigenvalue weighted by atomic mass is 16.5.